The topological polar surface area (TPSA) is 63.7 Å². The monoisotopic (exact) mass is 543 g/mol. The summed E-state index contributed by atoms with van der Waals surface area (Å²) in [6.07, 6.45) is 0. The number of carbonyl (C=O) groups is 1. The first-order chi connectivity index (χ1) is 15.9. The van der Waals surface area contributed by atoms with Crippen LogP contribution in [0.1, 0.15) is 47.6 Å². The molecule has 0 aliphatic heterocycles. The third-order valence-electron chi connectivity index (χ3n) is 5.84. The van der Waals surface area contributed by atoms with Crippen LogP contribution in [-0.2, 0) is 14.8 Å². The number of benzene rings is 3. The maximum Gasteiger partial charge on any atom is 0.278 e. The maximum absolute atomic E-state index is 13.7. The van der Waals surface area contributed by atoms with Crippen LogP contribution in [0.4, 0.5) is 5.69 Å². The summed E-state index contributed by atoms with van der Waals surface area (Å²) in [5.74, 6) is 0.0654. The molecule has 34 heavy (non-hydrogen) atoms. The van der Waals surface area contributed by atoms with Crippen LogP contribution in [0.15, 0.2) is 64.0 Å². The summed E-state index contributed by atoms with van der Waals surface area (Å²) in [7, 11) is -4.16. The van der Waals surface area contributed by atoms with E-state index in [9.17, 15) is 13.2 Å². The van der Waals surface area contributed by atoms with E-state index in [1.807, 2.05) is 59.7 Å². The SMILES string of the molecule is Cc1ccc(S(=O)(=O)N(C(=O)COc2cc(C)c(Br)cc2C(C)C)c2cccc(C)c2C)cc1. The van der Waals surface area contributed by atoms with Gasteiger partial charge in [-0.25, -0.2) is 8.42 Å². The summed E-state index contributed by atoms with van der Waals surface area (Å²) in [5, 5.41) is 0. The fraction of sp³-hybridized carbons (Fsp3) is 0.296. The van der Waals surface area contributed by atoms with Crippen molar-refractivity contribution in [3.05, 3.63) is 86.9 Å². The van der Waals surface area contributed by atoms with Crippen molar-refractivity contribution < 1.29 is 17.9 Å². The van der Waals surface area contributed by atoms with E-state index in [4.69, 9.17) is 4.74 Å². The van der Waals surface area contributed by atoms with Gasteiger partial charge in [0.2, 0.25) is 0 Å². The second kappa shape index (κ2) is 10.3. The normalized spacial score (nSPS) is 11.5. The number of anilines is 1. The number of nitrogens with zero attached hydrogens (tertiary/aromatic N) is 1. The number of hydrogen-bond donors (Lipinski definition) is 0. The molecule has 5 nitrogen and oxygen atoms in total. The highest BCUT2D eigenvalue weighted by atomic mass is 79.9. The van der Waals surface area contributed by atoms with Gasteiger partial charge in [-0.1, -0.05) is 59.6 Å². The lowest BCUT2D eigenvalue weighted by Crippen LogP contribution is -2.40. The summed E-state index contributed by atoms with van der Waals surface area (Å²) in [6, 6.07) is 15.6. The van der Waals surface area contributed by atoms with Crippen molar-refractivity contribution >= 4 is 37.5 Å². The van der Waals surface area contributed by atoms with Gasteiger partial charge in [-0.3, -0.25) is 4.79 Å². The van der Waals surface area contributed by atoms with Crippen molar-refractivity contribution in [3.63, 3.8) is 0 Å². The van der Waals surface area contributed by atoms with Gasteiger partial charge in [0.25, 0.3) is 15.9 Å². The largest absolute Gasteiger partial charge is 0.483 e. The average Bonchev–Trinajstić information content (AvgIpc) is 2.77. The molecule has 0 saturated carbocycles. The van der Waals surface area contributed by atoms with Crippen LogP contribution >= 0.6 is 15.9 Å². The molecule has 0 bridgehead atoms. The zero-order chi connectivity index (χ0) is 25.2. The van der Waals surface area contributed by atoms with Crippen molar-refractivity contribution in [1.29, 1.82) is 0 Å². The lowest BCUT2D eigenvalue weighted by molar-refractivity contribution is -0.119. The molecule has 0 saturated heterocycles. The molecule has 0 aliphatic carbocycles. The van der Waals surface area contributed by atoms with Crippen LogP contribution in [0.3, 0.4) is 0 Å². The Morgan fingerprint density at radius 3 is 2.24 bits per heavy atom. The van der Waals surface area contributed by atoms with Crippen LogP contribution in [0, 0.1) is 27.7 Å². The summed E-state index contributed by atoms with van der Waals surface area (Å²) < 4.78 is 35.1. The van der Waals surface area contributed by atoms with E-state index < -0.39 is 22.5 Å². The summed E-state index contributed by atoms with van der Waals surface area (Å²) >= 11 is 3.54. The van der Waals surface area contributed by atoms with Crippen LogP contribution < -0.4 is 9.04 Å². The molecule has 0 aliphatic rings. The van der Waals surface area contributed by atoms with Crippen LogP contribution in [-0.4, -0.2) is 20.9 Å². The molecule has 3 aromatic rings. The highest BCUT2D eigenvalue weighted by Crippen LogP contribution is 2.33. The van der Waals surface area contributed by atoms with E-state index in [0.29, 0.717) is 17.0 Å². The van der Waals surface area contributed by atoms with E-state index in [2.05, 4.69) is 15.9 Å². The van der Waals surface area contributed by atoms with Gasteiger partial charge in [0.05, 0.1) is 10.6 Å². The summed E-state index contributed by atoms with van der Waals surface area (Å²) in [4.78, 5) is 13.6. The van der Waals surface area contributed by atoms with Crippen LogP contribution in [0.5, 0.6) is 5.75 Å². The zero-order valence-electron chi connectivity index (χ0n) is 20.3. The smallest absolute Gasteiger partial charge is 0.278 e. The van der Waals surface area contributed by atoms with Crippen LogP contribution in [0.25, 0.3) is 0 Å². The number of aryl methyl sites for hydroxylation is 3. The third kappa shape index (κ3) is 5.36. The number of ether oxygens (including phenoxy) is 1. The van der Waals surface area contributed by atoms with Gasteiger partial charge in [-0.2, -0.15) is 4.31 Å². The lowest BCUT2D eigenvalue weighted by Gasteiger charge is -2.25. The Bertz CT molecular complexity index is 1320. The molecule has 0 aromatic heterocycles. The van der Waals surface area contributed by atoms with Crippen molar-refractivity contribution in [3.8, 4) is 5.75 Å². The molecule has 1 amide bonds. The summed E-state index contributed by atoms with van der Waals surface area (Å²) in [6.45, 7) is 11.2. The second-order valence-corrected chi connectivity index (χ2v) is 11.4. The number of halogens is 1. The minimum Gasteiger partial charge on any atom is -0.483 e. The first-order valence-electron chi connectivity index (χ1n) is 11.1. The van der Waals surface area contributed by atoms with Gasteiger partial charge in [0.1, 0.15) is 5.75 Å². The quantitative estimate of drug-likeness (QED) is 0.336. The molecule has 0 N–H and O–H groups in total. The van der Waals surface area contributed by atoms with E-state index in [1.165, 1.54) is 12.1 Å². The Balaban J connectivity index is 2.04. The van der Waals surface area contributed by atoms with Gasteiger partial charge in [-0.15, -0.1) is 0 Å². The Morgan fingerprint density at radius 2 is 1.62 bits per heavy atom. The minimum absolute atomic E-state index is 0.0507. The van der Waals surface area contributed by atoms with E-state index >= 15 is 0 Å². The fourth-order valence-corrected chi connectivity index (χ4v) is 5.44. The minimum atomic E-state index is -4.16. The van der Waals surface area contributed by atoms with Crippen LogP contribution in [0.2, 0.25) is 0 Å². The fourth-order valence-electron chi connectivity index (χ4n) is 3.61. The van der Waals surface area contributed by atoms with E-state index in [1.54, 1.807) is 24.3 Å². The molecule has 0 unspecified atom stereocenters. The van der Waals surface area contributed by atoms with Gasteiger partial charge in [0, 0.05) is 4.47 Å². The molecule has 3 aromatic carbocycles. The maximum atomic E-state index is 13.7. The first kappa shape index (κ1) is 26.0. The van der Waals surface area contributed by atoms with Gasteiger partial charge in [-0.05, 0) is 86.2 Å². The lowest BCUT2D eigenvalue weighted by atomic mass is 10.0. The molecular weight excluding hydrogens is 514 g/mol. The van der Waals surface area contributed by atoms with Gasteiger partial charge < -0.3 is 4.74 Å². The zero-order valence-corrected chi connectivity index (χ0v) is 22.7. The number of carbonyl (C=O) groups excluding carboxylic acids is 1. The van der Waals surface area contributed by atoms with Crippen molar-refractivity contribution in [1.82, 2.24) is 0 Å². The average molecular weight is 545 g/mol. The molecule has 0 heterocycles. The second-order valence-electron chi connectivity index (χ2n) is 8.78. The number of sulfonamides is 1. The highest BCUT2D eigenvalue weighted by Gasteiger charge is 2.32. The number of amides is 1. The molecular formula is C27H30BrNO4S. The van der Waals surface area contributed by atoms with Crippen molar-refractivity contribution in [2.75, 3.05) is 10.9 Å². The highest BCUT2D eigenvalue weighted by molar-refractivity contribution is 9.10. The standard InChI is InChI=1S/C27H30BrNO4S/c1-17(2)23-15-24(28)20(5)14-26(23)33-16-27(30)29(25-9-7-8-19(4)21(25)6)34(31,32)22-12-10-18(3)11-13-22/h7-15,17H,16H2,1-6H3. The first-order valence-corrected chi connectivity index (χ1v) is 13.3. The molecule has 0 spiro atoms. The predicted molar refractivity (Wildman–Crippen MR) is 140 cm³/mol. The van der Waals surface area contributed by atoms with Gasteiger partial charge >= 0.3 is 0 Å². The Hall–Kier alpha value is -2.64. The predicted octanol–water partition coefficient (Wildman–Crippen LogP) is 6.61. The molecule has 0 atom stereocenters. The Kier molecular flexibility index (Phi) is 7.88. The summed E-state index contributed by atoms with van der Waals surface area (Å²) in [5.41, 5.74) is 4.76. The molecule has 0 radical (unpaired) electrons. The Labute approximate surface area is 210 Å². The number of hydrogen-bond acceptors (Lipinski definition) is 4. The molecule has 0 fully saturated rings. The van der Waals surface area contributed by atoms with Crippen molar-refractivity contribution in [2.45, 2.75) is 52.4 Å². The molecule has 7 heteroatoms. The Morgan fingerprint density at radius 1 is 0.971 bits per heavy atom. The number of rotatable bonds is 7. The van der Waals surface area contributed by atoms with E-state index in [-0.39, 0.29) is 10.8 Å². The van der Waals surface area contributed by atoms with Crippen molar-refractivity contribution in [2.24, 2.45) is 0 Å². The molecule has 180 valence electrons. The van der Waals surface area contributed by atoms with E-state index in [0.717, 1.165) is 31.0 Å². The van der Waals surface area contributed by atoms with Gasteiger partial charge in [0.15, 0.2) is 6.61 Å². The third-order valence-corrected chi connectivity index (χ3v) is 8.45. The molecule has 3 rings (SSSR count).